The summed E-state index contributed by atoms with van der Waals surface area (Å²) in [6, 6.07) is 6.86. The minimum absolute atomic E-state index is 0.396. The lowest BCUT2D eigenvalue weighted by Gasteiger charge is -2.01. The van der Waals surface area contributed by atoms with Crippen molar-refractivity contribution in [1.29, 1.82) is 0 Å². The highest BCUT2D eigenvalue weighted by Crippen LogP contribution is 2.27. The summed E-state index contributed by atoms with van der Waals surface area (Å²) in [6.07, 6.45) is 3.25. The lowest BCUT2D eigenvalue weighted by Crippen LogP contribution is -2.18. The summed E-state index contributed by atoms with van der Waals surface area (Å²) in [6.45, 7) is 0. The van der Waals surface area contributed by atoms with Crippen LogP contribution in [0.3, 0.4) is 0 Å². The fraction of sp³-hybridized carbons (Fsp3) is 0.0769. The number of aryl methyl sites for hydroxylation is 1. The highest BCUT2D eigenvalue weighted by molar-refractivity contribution is 7.18. The third-order valence-corrected chi connectivity index (χ3v) is 3.84. The molecule has 0 fully saturated rings. The topological polar surface area (TPSA) is 84.7 Å². The third-order valence-electron chi connectivity index (χ3n) is 2.70. The van der Waals surface area contributed by atoms with Crippen molar-refractivity contribution in [3.63, 3.8) is 0 Å². The number of anilines is 2. The van der Waals surface area contributed by atoms with Gasteiger partial charge in [0, 0.05) is 23.8 Å². The molecule has 0 radical (unpaired) electrons. The zero-order chi connectivity index (χ0) is 15.5. The second-order valence-electron chi connectivity index (χ2n) is 4.40. The molecule has 1 aromatic carbocycles. The normalized spacial score (nSPS) is 10.5. The van der Waals surface area contributed by atoms with Crippen LogP contribution in [0.15, 0.2) is 36.7 Å². The van der Waals surface area contributed by atoms with Gasteiger partial charge in [0.25, 0.3) is 0 Å². The number of hydrogen-bond acceptors (Lipinski definition) is 5. The maximum Gasteiger partial charge on any atom is 0.325 e. The van der Waals surface area contributed by atoms with Crippen molar-refractivity contribution in [3.8, 4) is 10.6 Å². The zero-order valence-corrected chi connectivity index (χ0v) is 13.0. The molecular weight excluding hydrogens is 324 g/mol. The highest BCUT2D eigenvalue weighted by Gasteiger charge is 2.10. The highest BCUT2D eigenvalue weighted by atomic mass is 35.5. The lowest BCUT2D eigenvalue weighted by molar-refractivity contribution is 0.262. The standard InChI is InChI=1S/C13H11ClN6OS/c1-20-7-10(6-15-20)16-12(21)17-13-19-18-11(22-13)8-2-4-9(14)5-3-8/h2-7H,1H3,(H2,16,17,19,21). The van der Waals surface area contributed by atoms with Crippen molar-refractivity contribution < 1.29 is 4.79 Å². The molecule has 3 aromatic rings. The average molecular weight is 335 g/mol. The van der Waals surface area contributed by atoms with Gasteiger partial charge in [0.1, 0.15) is 5.01 Å². The quantitative estimate of drug-likeness (QED) is 0.770. The number of halogens is 1. The summed E-state index contributed by atoms with van der Waals surface area (Å²) in [5.74, 6) is 0. The fourth-order valence-electron chi connectivity index (χ4n) is 1.73. The van der Waals surface area contributed by atoms with Gasteiger partial charge in [0.05, 0.1) is 11.9 Å². The van der Waals surface area contributed by atoms with Gasteiger partial charge in [-0.1, -0.05) is 35.1 Å². The van der Waals surface area contributed by atoms with E-state index in [1.165, 1.54) is 11.3 Å². The number of aromatic nitrogens is 4. The number of hydrogen-bond donors (Lipinski definition) is 2. The van der Waals surface area contributed by atoms with Crippen LogP contribution in [0.2, 0.25) is 5.02 Å². The predicted octanol–water partition coefficient (Wildman–Crippen LogP) is 3.24. The summed E-state index contributed by atoms with van der Waals surface area (Å²) in [5, 5.41) is 19.0. The largest absolute Gasteiger partial charge is 0.325 e. The Balaban J connectivity index is 1.66. The average Bonchev–Trinajstić information content (AvgIpc) is 3.09. The molecule has 0 aliphatic carbocycles. The van der Waals surface area contributed by atoms with Gasteiger partial charge in [-0.05, 0) is 12.1 Å². The summed E-state index contributed by atoms with van der Waals surface area (Å²) >= 11 is 7.13. The maximum absolute atomic E-state index is 11.8. The van der Waals surface area contributed by atoms with E-state index in [4.69, 9.17) is 11.6 Å². The van der Waals surface area contributed by atoms with Crippen molar-refractivity contribution in [2.24, 2.45) is 7.05 Å². The van der Waals surface area contributed by atoms with E-state index in [1.807, 2.05) is 12.1 Å². The Labute approximate surface area is 134 Å². The number of nitrogens with zero attached hydrogens (tertiary/aromatic N) is 4. The van der Waals surface area contributed by atoms with E-state index >= 15 is 0 Å². The number of carbonyl (C=O) groups is 1. The van der Waals surface area contributed by atoms with E-state index in [2.05, 4.69) is 25.9 Å². The lowest BCUT2D eigenvalue weighted by atomic mass is 10.2. The number of amides is 2. The van der Waals surface area contributed by atoms with Crippen LogP contribution in [0.25, 0.3) is 10.6 Å². The van der Waals surface area contributed by atoms with Gasteiger partial charge in [-0.2, -0.15) is 5.10 Å². The first kappa shape index (κ1) is 14.5. The molecule has 22 heavy (non-hydrogen) atoms. The van der Waals surface area contributed by atoms with E-state index in [9.17, 15) is 4.79 Å². The molecule has 0 aliphatic heterocycles. The number of rotatable bonds is 3. The van der Waals surface area contributed by atoms with Crippen LogP contribution in [0.4, 0.5) is 15.6 Å². The Morgan fingerprint density at radius 2 is 2.00 bits per heavy atom. The molecule has 0 bridgehead atoms. The van der Waals surface area contributed by atoms with E-state index < -0.39 is 6.03 Å². The van der Waals surface area contributed by atoms with Crippen molar-refractivity contribution in [3.05, 3.63) is 41.7 Å². The molecule has 3 rings (SSSR count). The molecule has 0 atom stereocenters. The van der Waals surface area contributed by atoms with Gasteiger partial charge in [-0.15, -0.1) is 10.2 Å². The molecule has 0 saturated carbocycles. The molecule has 0 unspecified atom stereocenters. The van der Waals surface area contributed by atoms with Gasteiger partial charge in [0.2, 0.25) is 5.13 Å². The van der Waals surface area contributed by atoms with E-state index in [1.54, 1.807) is 36.3 Å². The van der Waals surface area contributed by atoms with Gasteiger partial charge >= 0.3 is 6.03 Å². The molecular formula is C13H11ClN6OS. The first-order chi connectivity index (χ1) is 10.6. The van der Waals surface area contributed by atoms with Crippen molar-refractivity contribution in [2.45, 2.75) is 0 Å². The fourth-order valence-corrected chi connectivity index (χ4v) is 2.60. The second-order valence-corrected chi connectivity index (χ2v) is 5.82. The van der Waals surface area contributed by atoms with Crippen molar-refractivity contribution in [1.82, 2.24) is 20.0 Å². The molecule has 7 nitrogen and oxygen atoms in total. The molecule has 9 heteroatoms. The third kappa shape index (κ3) is 3.41. The minimum atomic E-state index is -0.396. The van der Waals surface area contributed by atoms with Crippen molar-refractivity contribution in [2.75, 3.05) is 10.6 Å². The van der Waals surface area contributed by atoms with Gasteiger partial charge in [-0.25, -0.2) is 4.79 Å². The summed E-state index contributed by atoms with van der Waals surface area (Å²) < 4.78 is 1.60. The molecule has 2 N–H and O–H groups in total. The van der Waals surface area contributed by atoms with Crippen LogP contribution in [0.5, 0.6) is 0 Å². The number of benzene rings is 1. The van der Waals surface area contributed by atoms with Crippen LogP contribution in [-0.2, 0) is 7.05 Å². The number of urea groups is 1. The Morgan fingerprint density at radius 1 is 1.23 bits per heavy atom. The summed E-state index contributed by atoms with van der Waals surface area (Å²) in [5.41, 5.74) is 1.49. The molecule has 2 heterocycles. The monoisotopic (exact) mass is 334 g/mol. The molecule has 0 saturated heterocycles. The summed E-state index contributed by atoms with van der Waals surface area (Å²) in [7, 11) is 1.77. The van der Waals surface area contributed by atoms with E-state index in [-0.39, 0.29) is 0 Å². The number of nitrogens with one attached hydrogen (secondary N) is 2. The van der Waals surface area contributed by atoms with E-state index in [0.717, 1.165) is 5.56 Å². The number of carbonyl (C=O) groups excluding carboxylic acids is 1. The van der Waals surface area contributed by atoms with Crippen LogP contribution >= 0.6 is 22.9 Å². The Morgan fingerprint density at radius 3 is 2.68 bits per heavy atom. The molecule has 112 valence electrons. The summed E-state index contributed by atoms with van der Waals surface area (Å²) in [4.78, 5) is 11.8. The maximum atomic E-state index is 11.8. The SMILES string of the molecule is Cn1cc(NC(=O)Nc2nnc(-c3ccc(Cl)cc3)s2)cn1. The zero-order valence-electron chi connectivity index (χ0n) is 11.4. The van der Waals surface area contributed by atoms with Crippen LogP contribution in [-0.4, -0.2) is 26.0 Å². The van der Waals surface area contributed by atoms with Gasteiger partial charge in [-0.3, -0.25) is 10.00 Å². The predicted molar refractivity (Wildman–Crippen MR) is 86.2 cm³/mol. The molecule has 2 amide bonds. The van der Waals surface area contributed by atoms with Crippen molar-refractivity contribution >= 4 is 39.8 Å². The first-order valence-corrected chi connectivity index (χ1v) is 7.46. The van der Waals surface area contributed by atoms with Gasteiger partial charge in [0.15, 0.2) is 0 Å². The Hall–Kier alpha value is -2.45. The van der Waals surface area contributed by atoms with Gasteiger partial charge < -0.3 is 5.32 Å². The van der Waals surface area contributed by atoms with Crippen LogP contribution in [0, 0.1) is 0 Å². The molecule has 0 spiro atoms. The second kappa shape index (κ2) is 6.12. The first-order valence-electron chi connectivity index (χ1n) is 6.26. The Kier molecular flexibility index (Phi) is 4.03. The molecule has 2 aromatic heterocycles. The minimum Gasteiger partial charge on any atom is -0.305 e. The van der Waals surface area contributed by atoms with Crippen LogP contribution < -0.4 is 10.6 Å². The van der Waals surface area contributed by atoms with E-state index in [0.29, 0.717) is 20.8 Å². The van der Waals surface area contributed by atoms with Crippen LogP contribution in [0.1, 0.15) is 0 Å². The Bertz CT molecular complexity index is 797. The molecule has 0 aliphatic rings. The smallest absolute Gasteiger partial charge is 0.305 e.